The molecule has 0 aliphatic rings. The van der Waals surface area contributed by atoms with Crippen molar-refractivity contribution in [2.24, 2.45) is 11.5 Å². The Morgan fingerprint density at radius 2 is 0.797 bits per heavy atom. The first-order chi connectivity index (χ1) is 31.4. The predicted molar refractivity (Wildman–Crippen MR) is 259 cm³/mol. The minimum absolute atomic E-state index is 0.150. The molecule has 0 radical (unpaired) electrons. The first-order valence-corrected chi connectivity index (χ1v) is 29.8. The summed E-state index contributed by atoms with van der Waals surface area (Å²) in [6.07, 6.45) is 2.55. The van der Waals surface area contributed by atoms with Crippen LogP contribution in [-0.4, -0.2) is 195 Å². The molecule has 4 amide bonds. The maximum atomic E-state index is 14.0. The number of benzene rings is 2. The lowest BCUT2D eigenvalue weighted by atomic mass is 10.2. The number of rotatable bonds is 29. The third-order valence-corrected chi connectivity index (χ3v) is 17.5. The van der Waals surface area contributed by atoms with E-state index >= 15 is 0 Å². The molecule has 2 rings (SSSR count). The predicted octanol–water partition coefficient (Wildman–Crippen LogP) is -2.50. The maximum Gasteiger partial charge on any atom is 0.243 e. The number of sulfonamides is 5. The molecule has 0 saturated carbocycles. The van der Waals surface area contributed by atoms with Crippen LogP contribution in [0.5, 0.6) is 0 Å². The van der Waals surface area contributed by atoms with Crippen molar-refractivity contribution in [3.63, 3.8) is 0 Å². The van der Waals surface area contributed by atoms with Gasteiger partial charge in [0, 0.05) is 62.9 Å². The van der Waals surface area contributed by atoms with Crippen LogP contribution in [0, 0.1) is 13.8 Å². The molecule has 0 heterocycles. The number of nitrogens with two attached hydrogens (primary N) is 2. The molecule has 0 spiro atoms. The Morgan fingerprint density at radius 1 is 0.478 bits per heavy atom. The van der Waals surface area contributed by atoms with E-state index in [1.54, 1.807) is 45.0 Å². The van der Waals surface area contributed by atoms with Gasteiger partial charge in [0.15, 0.2) is 0 Å². The molecule has 2 aromatic carbocycles. The molecule has 69 heavy (non-hydrogen) atoms. The fraction of sp³-hybridized carbons (Fsp3) is 0.600. The van der Waals surface area contributed by atoms with Crippen LogP contribution >= 0.6 is 0 Å². The summed E-state index contributed by atoms with van der Waals surface area (Å²) >= 11 is 0. The standard InChI is InChI=1S/C40H68N10O14S5/c1-28-11-15-35(16-12-28)68(61,62)49(21-32(5)44-38(52)25-46(19-30(3)41)65(8,55)56)27-40(54)43-31(4)20-47(66(9,57)58)26-39(53)45-33(6)22-50(69(63,64)36-17-13-29(2)14-18-36)34(7)23-48(24-37(42)51)67(10,59)60/h11-18,30-34H,19-27,41H2,1-10H3,(H2,42,51)(H,43,54)(H,44,52)(H,45,53)/t30-,31-,32-,33-,34-/m0/s1. The summed E-state index contributed by atoms with van der Waals surface area (Å²) in [5.74, 6) is -3.53. The van der Waals surface area contributed by atoms with Crippen LogP contribution < -0.4 is 27.4 Å². The van der Waals surface area contributed by atoms with Gasteiger partial charge in [-0.3, -0.25) is 19.2 Å². The van der Waals surface area contributed by atoms with E-state index in [1.807, 2.05) is 0 Å². The largest absolute Gasteiger partial charge is 0.369 e. The van der Waals surface area contributed by atoms with Crippen molar-refractivity contribution in [1.29, 1.82) is 0 Å². The molecule has 0 unspecified atom stereocenters. The van der Waals surface area contributed by atoms with Gasteiger partial charge in [-0.2, -0.15) is 21.5 Å². The Morgan fingerprint density at radius 3 is 1.16 bits per heavy atom. The van der Waals surface area contributed by atoms with E-state index in [4.69, 9.17) is 11.5 Å². The second-order valence-electron chi connectivity index (χ2n) is 17.4. The van der Waals surface area contributed by atoms with Gasteiger partial charge in [0.05, 0.1) is 54.7 Å². The van der Waals surface area contributed by atoms with E-state index in [-0.39, 0.29) is 16.3 Å². The number of nitrogens with zero attached hydrogens (tertiary/aromatic N) is 5. The van der Waals surface area contributed by atoms with Crippen molar-refractivity contribution in [1.82, 2.24) is 37.5 Å². The van der Waals surface area contributed by atoms with Gasteiger partial charge in [-0.15, -0.1) is 0 Å². The van der Waals surface area contributed by atoms with Gasteiger partial charge < -0.3 is 27.4 Å². The Labute approximate surface area is 407 Å². The first-order valence-electron chi connectivity index (χ1n) is 21.4. The molecule has 0 aromatic heterocycles. The molecule has 0 aliphatic carbocycles. The van der Waals surface area contributed by atoms with Crippen molar-refractivity contribution in [2.45, 2.75) is 88.5 Å². The molecule has 0 bridgehead atoms. The smallest absolute Gasteiger partial charge is 0.243 e. The van der Waals surface area contributed by atoms with Gasteiger partial charge in [0.2, 0.25) is 73.7 Å². The van der Waals surface area contributed by atoms with E-state index < -0.39 is 156 Å². The van der Waals surface area contributed by atoms with E-state index in [0.29, 0.717) is 0 Å². The van der Waals surface area contributed by atoms with Crippen LogP contribution in [0.25, 0.3) is 0 Å². The molecule has 5 atom stereocenters. The fourth-order valence-electron chi connectivity index (χ4n) is 6.76. The number of hydrogen-bond donors (Lipinski definition) is 5. The highest BCUT2D eigenvalue weighted by Gasteiger charge is 2.35. The highest BCUT2D eigenvalue weighted by molar-refractivity contribution is 7.90. The Hall–Kier alpha value is -4.17. The third-order valence-electron chi connectivity index (χ3n) is 10.1. The number of carbonyl (C=O) groups is 4. The summed E-state index contributed by atoms with van der Waals surface area (Å²) in [7, 11) is -20.9. The zero-order valence-electron chi connectivity index (χ0n) is 40.5. The van der Waals surface area contributed by atoms with Crippen molar-refractivity contribution in [3.8, 4) is 0 Å². The average molecular weight is 1070 g/mol. The Bertz CT molecular complexity index is 2670. The monoisotopic (exact) mass is 1070 g/mol. The number of nitrogens with one attached hydrogen (secondary N) is 3. The van der Waals surface area contributed by atoms with Crippen LogP contribution in [0.3, 0.4) is 0 Å². The minimum atomic E-state index is -4.42. The number of carbonyl (C=O) groups excluding carboxylic acids is 4. The summed E-state index contributed by atoms with van der Waals surface area (Å²) in [5.41, 5.74) is 12.5. The third kappa shape index (κ3) is 20.2. The molecule has 0 saturated heterocycles. The Kier molecular flexibility index (Phi) is 22.3. The van der Waals surface area contributed by atoms with Gasteiger partial charge in [-0.1, -0.05) is 35.4 Å². The van der Waals surface area contributed by atoms with Gasteiger partial charge in [0.25, 0.3) is 0 Å². The van der Waals surface area contributed by atoms with Crippen molar-refractivity contribution in [3.05, 3.63) is 59.7 Å². The second kappa shape index (κ2) is 25.3. The molecule has 0 fully saturated rings. The van der Waals surface area contributed by atoms with Crippen LogP contribution in [0.2, 0.25) is 0 Å². The first kappa shape index (κ1) is 61.0. The van der Waals surface area contributed by atoms with Crippen molar-refractivity contribution >= 4 is 73.7 Å². The summed E-state index contributed by atoms with van der Waals surface area (Å²) < 4.78 is 136. The van der Waals surface area contributed by atoms with Crippen molar-refractivity contribution < 1.29 is 61.3 Å². The molecule has 392 valence electrons. The summed E-state index contributed by atoms with van der Waals surface area (Å²) in [5, 5.41) is 7.66. The summed E-state index contributed by atoms with van der Waals surface area (Å²) in [6, 6.07) is 6.78. The zero-order valence-corrected chi connectivity index (χ0v) is 44.6. The highest BCUT2D eigenvalue weighted by atomic mass is 32.2. The van der Waals surface area contributed by atoms with E-state index in [1.165, 1.54) is 52.0 Å². The van der Waals surface area contributed by atoms with Gasteiger partial charge >= 0.3 is 0 Å². The number of primary amides is 1. The molecular weight excluding hydrogens is 1000 g/mol. The quantitative estimate of drug-likeness (QED) is 0.0563. The molecule has 2 aromatic rings. The number of hydrogen-bond acceptors (Lipinski definition) is 15. The van der Waals surface area contributed by atoms with Crippen molar-refractivity contribution in [2.75, 3.05) is 77.7 Å². The summed E-state index contributed by atoms with van der Waals surface area (Å²) in [6.45, 7) is 5.69. The number of amides is 4. The van der Waals surface area contributed by atoms with Crippen LogP contribution in [0.1, 0.15) is 45.7 Å². The molecule has 0 aliphatic heterocycles. The topological polar surface area (TPSA) is 343 Å². The minimum Gasteiger partial charge on any atom is -0.369 e. The molecule has 29 heteroatoms. The van der Waals surface area contributed by atoms with Gasteiger partial charge in [0.1, 0.15) is 0 Å². The van der Waals surface area contributed by atoms with Gasteiger partial charge in [-0.05, 0) is 72.7 Å². The maximum absolute atomic E-state index is 14.0. The SMILES string of the molecule is Cc1ccc(S(=O)(=O)N(CC(=O)N[C@@H](C)CN(CC(=O)N[C@@H](C)CN([C@@H](C)CN(CC(N)=O)S(C)(=O)=O)S(=O)(=O)c2ccc(C)cc2)S(C)(=O)=O)C[C@H](C)NC(=O)CN(C[C@H](C)N)S(C)(=O)=O)cc1. The van der Waals surface area contributed by atoms with Gasteiger partial charge in [-0.25, -0.2) is 42.1 Å². The summed E-state index contributed by atoms with van der Waals surface area (Å²) in [4.78, 5) is 51.3. The second-order valence-corrected chi connectivity index (χ2v) is 27.1. The fourth-order valence-corrected chi connectivity index (χ4v) is 12.5. The Balaban J connectivity index is 2.30. The normalized spacial score (nSPS) is 15.2. The zero-order chi connectivity index (χ0) is 53.0. The molecular formula is C40H68N10O14S5. The lowest BCUT2D eigenvalue weighted by Gasteiger charge is -2.33. The van der Waals surface area contributed by atoms with Crippen LogP contribution in [-0.2, 0) is 69.3 Å². The van der Waals surface area contributed by atoms with E-state index in [0.717, 1.165) is 51.4 Å². The lowest BCUT2D eigenvalue weighted by Crippen LogP contribution is -2.54. The van der Waals surface area contributed by atoms with E-state index in [2.05, 4.69) is 16.0 Å². The van der Waals surface area contributed by atoms with Crippen LogP contribution in [0.4, 0.5) is 0 Å². The molecule has 24 nitrogen and oxygen atoms in total. The average Bonchev–Trinajstić information content (AvgIpc) is 3.17. The highest BCUT2D eigenvalue weighted by Crippen LogP contribution is 2.21. The van der Waals surface area contributed by atoms with Crippen LogP contribution in [0.15, 0.2) is 58.3 Å². The molecule has 7 N–H and O–H groups in total. The van der Waals surface area contributed by atoms with E-state index in [9.17, 15) is 61.3 Å². The lowest BCUT2D eigenvalue weighted by molar-refractivity contribution is -0.122. The number of aryl methyl sites for hydroxylation is 2.